The molecule has 1 aliphatic rings. The highest BCUT2D eigenvalue weighted by Crippen LogP contribution is 2.39. The van der Waals surface area contributed by atoms with Crippen LogP contribution in [0.15, 0.2) is 54.6 Å². The zero-order valence-electron chi connectivity index (χ0n) is 10.7. The van der Waals surface area contributed by atoms with Crippen LogP contribution in [0.25, 0.3) is 11.1 Å². The number of hydrogen-bond donors (Lipinski definition) is 0. The van der Waals surface area contributed by atoms with Crippen molar-refractivity contribution in [3.05, 3.63) is 71.3 Å². The van der Waals surface area contributed by atoms with Gasteiger partial charge in [-0.2, -0.15) is 11.8 Å². The summed E-state index contributed by atoms with van der Waals surface area (Å²) >= 11 is 1.75. The summed E-state index contributed by atoms with van der Waals surface area (Å²) in [6.45, 7) is 0. The minimum atomic E-state index is 0.158. The lowest BCUT2D eigenvalue weighted by atomic mass is 10.0. The van der Waals surface area contributed by atoms with Crippen molar-refractivity contribution in [2.45, 2.75) is 0 Å². The summed E-state index contributed by atoms with van der Waals surface area (Å²) in [5.41, 5.74) is 4.99. The molecule has 0 atom stereocenters. The number of rotatable bonds is 3. The first-order valence-corrected chi connectivity index (χ1v) is 7.64. The molecule has 0 amide bonds. The highest BCUT2D eigenvalue weighted by atomic mass is 32.2. The third-order valence-electron chi connectivity index (χ3n) is 3.38. The molecule has 0 bridgehead atoms. The SMILES string of the molecule is CSCC1=C(c2ccccc2)C(=O)c2ccccc21. The predicted molar refractivity (Wildman–Crippen MR) is 82.4 cm³/mol. The molecule has 2 heteroatoms. The number of hydrogen-bond acceptors (Lipinski definition) is 2. The Hall–Kier alpha value is -1.80. The first-order valence-electron chi connectivity index (χ1n) is 6.24. The second kappa shape index (κ2) is 5.06. The van der Waals surface area contributed by atoms with Crippen molar-refractivity contribution in [2.24, 2.45) is 0 Å². The average molecular weight is 266 g/mol. The molecular formula is C17H14OS. The fraction of sp³-hybridized carbons (Fsp3) is 0.118. The van der Waals surface area contributed by atoms with Crippen LogP contribution in [0.5, 0.6) is 0 Å². The van der Waals surface area contributed by atoms with E-state index in [1.807, 2.05) is 48.5 Å². The van der Waals surface area contributed by atoms with Crippen LogP contribution in [0.3, 0.4) is 0 Å². The lowest BCUT2D eigenvalue weighted by Gasteiger charge is -2.06. The first kappa shape index (κ1) is 12.2. The van der Waals surface area contributed by atoms with E-state index in [4.69, 9.17) is 0 Å². The molecule has 0 saturated heterocycles. The first-order chi connectivity index (χ1) is 9.33. The quantitative estimate of drug-likeness (QED) is 0.830. The maximum Gasteiger partial charge on any atom is 0.194 e. The Morgan fingerprint density at radius 3 is 2.21 bits per heavy atom. The maximum atomic E-state index is 12.6. The third-order valence-corrected chi connectivity index (χ3v) is 3.95. The number of carbonyl (C=O) groups is 1. The van der Waals surface area contributed by atoms with Gasteiger partial charge in [0.15, 0.2) is 5.78 Å². The lowest BCUT2D eigenvalue weighted by molar-refractivity contribution is 0.105. The Balaban J connectivity index is 2.21. The van der Waals surface area contributed by atoms with E-state index >= 15 is 0 Å². The van der Waals surface area contributed by atoms with E-state index in [0.29, 0.717) is 0 Å². The van der Waals surface area contributed by atoms with Gasteiger partial charge in [0.1, 0.15) is 0 Å². The second-order valence-electron chi connectivity index (χ2n) is 4.53. The monoisotopic (exact) mass is 266 g/mol. The molecule has 1 nitrogen and oxygen atoms in total. The van der Waals surface area contributed by atoms with E-state index in [1.54, 1.807) is 11.8 Å². The summed E-state index contributed by atoms with van der Waals surface area (Å²) in [6, 6.07) is 17.9. The minimum Gasteiger partial charge on any atom is -0.289 e. The van der Waals surface area contributed by atoms with Crippen LogP contribution in [0.2, 0.25) is 0 Å². The van der Waals surface area contributed by atoms with Gasteiger partial charge < -0.3 is 0 Å². The van der Waals surface area contributed by atoms with Crippen molar-refractivity contribution in [2.75, 3.05) is 12.0 Å². The number of Topliss-reactive ketones (excluding diaryl/α,β-unsaturated/α-hetero) is 1. The number of ketones is 1. The van der Waals surface area contributed by atoms with Gasteiger partial charge in [0.2, 0.25) is 0 Å². The fourth-order valence-electron chi connectivity index (χ4n) is 2.56. The van der Waals surface area contributed by atoms with Crippen molar-refractivity contribution in [1.29, 1.82) is 0 Å². The number of carbonyl (C=O) groups excluding carboxylic acids is 1. The van der Waals surface area contributed by atoms with Crippen LogP contribution >= 0.6 is 11.8 Å². The summed E-state index contributed by atoms with van der Waals surface area (Å²) < 4.78 is 0. The molecule has 0 N–H and O–H groups in total. The van der Waals surface area contributed by atoms with Gasteiger partial charge in [0, 0.05) is 16.9 Å². The molecule has 0 unspecified atom stereocenters. The van der Waals surface area contributed by atoms with Crippen molar-refractivity contribution in [3.8, 4) is 0 Å². The van der Waals surface area contributed by atoms with Crippen LogP contribution in [0, 0.1) is 0 Å². The zero-order chi connectivity index (χ0) is 13.2. The third kappa shape index (κ3) is 2.02. The molecule has 94 valence electrons. The molecule has 1 aliphatic carbocycles. The zero-order valence-corrected chi connectivity index (χ0v) is 11.5. The Morgan fingerprint density at radius 2 is 1.53 bits per heavy atom. The van der Waals surface area contributed by atoms with Crippen LogP contribution in [0.1, 0.15) is 21.5 Å². The second-order valence-corrected chi connectivity index (χ2v) is 5.39. The number of benzene rings is 2. The molecule has 0 aromatic heterocycles. The molecule has 3 rings (SSSR count). The summed E-state index contributed by atoms with van der Waals surface area (Å²) in [5, 5.41) is 0. The van der Waals surface area contributed by atoms with Crippen LogP contribution in [-0.2, 0) is 0 Å². The van der Waals surface area contributed by atoms with E-state index < -0.39 is 0 Å². The fourth-order valence-corrected chi connectivity index (χ4v) is 3.14. The van der Waals surface area contributed by atoms with E-state index in [1.165, 1.54) is 5.57 Å². The number of thioether (sulfide) groups is 1. The van der Waals surface area contributed by atoms with Gasteiger partial charge in [-0.15, -0.1) is 0 Å². The molecule has 0 fully saturated rings. The number of allylic oxidation sites excluding steroid dienone is 1. The molecule has 0 saturated carbocycles. The molecule has 0 aliphatic heterocycles. The van der Waals surface area contributed by atoms with Crippen LogP contribution in [-0.4, -0.2) is 17.8 Å². The van der Waals surface area contributed by atoms with E-state index in [9.17, 15) is 4.79 Å². The molecule has 2 aromatic rings. The van der Waals surface area contributed by atoms with Crippen LogP contribution < -0.4 is 0 Å². The van der Waals surface area contributed by atoms with Crippen molar-refractivity contribution >= 4 is 28.7 Å². The summed E-state index contributed by atoms with van der Waals surface area (Å²) in [6.07, 6.45) is 2.07. The standard InChI is InChI=1S/C17H14OS/c1-19-11-15-13-9-5-6-10-14(13)17(18)16(15)12-7-3-2-4-8-12/h2-10H,11H2,1H3. The Morgan fingerprint density at radius 1 is 0.895 bits per heavy atom. The Labute approximate surface area is 117 Å². The van der Waals surface area contributed by atoms with Gasteiger partial charge in [0.05, 0.1) is 0 Å². The van der Waals surface area contributed by atoms with E-state index in [2.05, 4.69) is 12.3 Å². The van der Waals surface area contributed by atoms with Crippen molar-refractivity contribution < 1.29 is 4.79 Å². The highest BCUT2D eigenvalue weighted by molar-refractivity contribution is 7.99. The van der Waals surface area contributed by atoms with Crippen molar-refractivity contribution in [3.63, 3.8) is 0 Å². The summed E-state index contributed by atoms with van der Waals surface area (Å²) in [7, 11) is 0. The average Bonchev–Trinajstić information content (AvgIpc) is 2.74. The normalized spacial score (nSPS) is 13.8. The van der Waals surface area contributed by atoms with E-state index in [-0.39, 0.29) is 5.78 Å². The molecule has 19 heavy (non-hydrogen) atoms. The summed E-state index contributed by atoms with van der Waals surface area (Å²) in [4.78, 5) is 12.6. The van der Waals surface area contributed by atoms with Crippen molar-refractivity contribution in [1.82, 2.24) is 0 Å². The van der Waals surface area contributed by atoms with Gasteiger partial charge in [0.25, 0.3) is 0 Å². The van der Waals surface area contributed by atoms with Gasteiger partial charge in [-0.05, 0) is 23.0 Å². The van der Waals surface area contributed by atoms with Gasteiger partial charge in [-0.1, -0.05) is 54.6 Å². The molecular weight excluding hydrogens is 252 g/mol. The van der Waals surface area contributed by atoms with Gasteiger partial charge in [-0.25, -0.2) is 0 Å². The predicted octanol–water partition coefficient (Wildman–Crippen LogP) is 4.16. The van der Waals surface area contributed by atoms with Gasteiger partial charge >= 0.3 is 0 Å². The molecule has 0 spiro atoms. The molecule has 0 radical (unpaired) electrons. The largest absolute Gasteiger partial charge is 0.289 e. The maximum absolute atomic E-state index is 12.6. The topological polar surface area (TPSA) is 17.1 Å². The summed E-state index contributed by atoms with van der Waals surface area (Å²) in [5.74, 6) is 1.03. The molecule has 0 heterocycles. The van der Waals surface area contributed by atoms with Gasteiger partial charge in [-0.3, -0.25) is 4.79 Å². The van der Waals surface area contributed by atoms with Crippen LogP contribution in [0.4, 0.5) is 0 Å². The number of fused-ring (bicyclic) bond motifs is 1. The highest BCUT2D eigenvalue weighted by Gasteiger charge is 2.29. The smallest absolute Gasteiger partial charge is 0.194 e. The molecule has 2 aromatic carbocycles. The lowest BCUT2D eigenvalue weighted by Crippen LogP contribution is -1.98. The Kier molecular flexibility index (Phi) is 3.26. The van der Waals surface area contributed by atoms with E-state index in [0.717, 1.165) is 28.0 Å². The Bertz CT molecular complexity index is 656. The minimum absolute atomic E-state index is 0.158.